The molecular formula is C12H22N4O3S2. The van der Waals surface area contributed by atoms with Crippen molar-refractivity contribution in [3.8, 4) is 0 Å². The Balaban J connectivity index is 2.71. The highest BCUT2D eigenvalue weighted by molar-refractivity contribution is 7.91. The second-order valence-electron chi connectivity index (χ2n) is 4.38. The number of anilines is 2. The molecule has 0 aliphatic rings. The number of hydrogen-bond donors (Lipinski definition) is 2. The van der Waals surface area contributed by atoms with Crippen molar-refractivity contribution in [2.45, 2.75) is 20.8 Å². The lowest BCUT2D eigenvalue weighted by molar-refractivity contribution is 0.0961. The summed E-state index contributed by atoms with van der Waals surface area (Å²) in [4.78, 5) is 18.5. The lowest BCUT2D eigenvalue weighted by Gasteiger charge is -2.16. The van der Waals surface area contributed by atoms with Crippen molar-refractivity contribution < 1.29 is 13.2 Å². The molecule has 9 heteroatoms. The molecular weight excluding hydrogens is 312 g/mol. The van der Waals surface area contributed by atoms with E-state index in [9.17, 15) is 13.2 Å². The van der Waals surface area contributed by atoms with Crippen molar-refractivity contribution >= 4 is 38.0 Å². The van der Waals surface area contributed by atoms with Crippen LogP contribution in [0.25, 0.3) is 0 Å². The number of nitrogen functional groups attached to an aromatic ring is 1. The van der Waals surface area contributed by atoms with Crippen molar-refractivity contribution in [3.63, 3.8) is 0 Å². The third-order valence-electron chi connectivity index (χ3n) is 3.02. The van der Waals surface area contributed by atoms with Gasteiger partial charge in [-0.2, -0.15) is 0 Å². The molecule has 0 aromatic carbocycles. The molecule has 0 aliphatic heterocycles. The summed E-state index contributed by atoms with van der Waals surface area (Å²) in [5.41, 5.74) is 5.77. The molecule has 0 atom stereocenters. The summed E-state index contributed by atoms with van der Waals surface area (Å²) in [5.74, 6) is -0.207. The smallest absolute Gasteiger partial charge is 0.265 e. The van der Waals surface area contributed by atoms with Gasteiger partial charge in [0.15, 0.2) is 15.0 Å². The summed E-state index contributed by atoms with van der Waals surface area (Å²) in [5, 5.41) is 3.27. The molecule has 7 nitrogen and oxygen atoms in total. The van der Waals surface area contributed by atoms with Gasteiger partial charge in [-0.25, -0.2) is 13.4 Å². The highest BCUT2D eigenvalue weighted by Gasteiger charge is 2.18. The van der Waals surface area contributed by atoms with E-state index in [4.69, 9.17) is 5.73 Å². The number of nitrogens with two attached hydrogens (primary N) is 1. The normalized spacial score (nSPS) is 11.4. The molecule has 0 bridgehead atoms. The van der Waals surface area contributed by atoms with Gasteiger partial charge in [-0.05, 0) is 13.8 Å². The average molecular weight is 334 g/mol. The van der Waals surface area contributed by atoms with E-state index >= 15 is 0 Å². The van der Waals surface area contributed by atoms with Crippen molar-refractivity contribution in [2.75, 3.05) is 41.8 Å². The number of sulfone groups is 1. The van der Waals surface area contributed by atoms with Crippen molar-refractivity contribution in [3.05, 3.63) is 4.88 Å². The number of nitrogens with one attached hydrogen (secondary N) is 1. The van der Waals surface area contributed by atoms with Crippen LogP contribution < -0.4 is 16.0 Å². The van der Waals surface area contributed by atoms with E-state index in [1.807, 2.05) is 18.7 Å². The van der Waals surface area contributed by atoms with E-state index < -0.39 is 9.84 Å². The van der Waals surface area contributed by atoms with Crippen LogP contribution in [0, 0.1) is 0 Å². The van der Waals surface area contributed by atoms with Crippen LogP contribution in [-0.2, 0) is 9.84 Å². The van der Waals surface area contributed by atoms with Crippen molar-refractivity contribution in [1.82, 2.24) is 10.3 Å². The molecule has 1 amide bonds. The molecule has 0 saturated heterocycles. The maximum atomic E-state index is 12.0. The van der Waals surface area contributed by atoms with E-state index in [1.54, 1.807) is 6.92 Å². The van der Waals surface area contributed by atoms with Crippen LogP contribution in [0.1, 0.15) is 30.4 Å². The van der Waals surface area contributed by atoms with Gasteiger partial charge in [0.25, 0.3) is 5.91 Å². The highest BCUT2D eigenvalue weighted by atomic mass is 32.2. The van der Waals surface area contributed by atoms with Crippen LogP contribution >= 0.6 is 11.3 Å². The number of amides is 1. The monoisotopic (exact) mass is 334 g/mol. The predicted octanol–water partition coefficient (Wildman–Crippen LogP) is 0.736. The number of nitrogens with zero attached hydrogens (tertiary/aromatic N) is 2. The molecule has 1 heterocycles. The molecule has 0 fully saturated rings. The first kappa shape index (κ1) is 17.7. The SMILES string of the molecule is CCN(CC)c1nc(N)c(C(=O)NCCS(=O)(=O)CC)s1. The fourth-order valence-corrected chi connectivity index (χ4v) is 3.39. The van der Waals surface area contributed by atoms with E-state index in [1.165, 1.54) is 11.3 Å². The third kappa shape index (κ3) is 4.85. The second kappa shape index (κ2) is 7.60. The summed E-state index contributed by atoms with van der Waals surface area (Å²) in [6.07, 6.45) is 0. The zero-order chi connectivity index (χ0) is 16.0. The molecule has 0 radical (unpaired) electrons. The molecule has 21 heavy (non-hydrogen) atoms. The number of hydrogen-bond acceptors (Lipinski definition) is 7. The average Bonchev–Trinajstić information content (AvgIpc) is 2.82. The van der Waals surface area contributed by atoms with Gasteiger partial charge in [-0.1, -0.05) is 18.3 Å². The van der Waals surface area contributed by atoms with Crippen LogP contribution in [-0.4, -0.2) is 50.4 Å². The molecule has 1 aromatic rings. The zero-order valence-corrected chi connectivity index (χ0v) is 14.2. The van der Waals surface area contributed by atoms with Crippen LogP contribution in [0.3, 0.4) is 0 Å². The minimum Gasteiger partial charge on any atom is -0.382 e. The van der Waals surface area contributed by atoms with Crippen molar-refractivity contribution in [1.29, 1.82) is 0 Å². The maximum Gasteiger partial charge on any atom is 0.265 e. The Labute approximate surface area is 129 Å². The first-order valence-electron chi connectivity index (χ1n) is 6.84. The maximum absolute atomic E-state index is 12.0. The topological polar surface area (TPSA) is 105 Å². The summed E-state index contributed by atoms with van der Waals surface area (Å²) < 4.78 is 22.7. The summed E-state index contributed by atoms with van der Waals surface area (Å²) in [6, 6.07) is 0. The highest BCUT2D eigenvalue weighted by Crippen LogP contribution is 2.27. The molecule has 0 spiro atoms. The molecule has 3 N–H and O–H groups in total. The van der Waals surface area contributed by atoms with Crippen molar-refractivity contribution in [2.24, 2.45) is 0 Å². The van der Waals surface area contributed by atoms with Crippen LogP contribution in [0.2, 0.25) is 0 Å². The minimum atomic E-state index is -3.09. The van der Waals surface area contributed by atoms with Gasteiger partial charge in [0.2, 0.25) is 0 Å². The van der Waals surface area contributed by atoms with Gasteiger partial charge in [-0.15, -0.1) is 0 Å². The molecule has 0 aliphatic carbocycles. The number of aromatic nitrogens is 1. The van der Waals surface area contributed by atoms with E-state index in [0.717, 1.165) is 13.1 Å². The quantitative estimate of drug-likeness (QED) is 0.726. The Morgan fingerprint density at radius 3 is 2.48 bits per heavy atom. The molecule has 1 aromatic heterocycles. The fraction of sp³-hybridized carbons (Fsp3) is 0.667. The third-order valence-corrected chi connectivity index (χ3v) is 5.86. The standard InChI is InChI=1S/C12H22N4O3S2/c1-4-16(5-2)12-15-10(13)9(20-12)11(17)14-7-8-21(18,19)6-3/h4-8,13H2,1-3H3,(H,14,17). The molecule has 0 saturated carbocycles. The van der Waals surface area contributed by atoms with Crippen LogP contribution in [0.15, 0.2) is 0 Å². The van der Waals surface area contributed by atoms with Crippen LogP contribution in [0.5, 0.6) is 0 Å². The lowest BCUT2D eigenvalue weighted by Crippen LogP contribution is -2.29. The largest absolute Gasteiger partial charge is 0.382 e. The lowest BCUT2D eigenvalue weighted by atomic mass is 10.4. The second-order valence-corrected chi connectivity index (χ2v) is 7.83. The Morgan fingerprint density at radius 2 is 1.95 bits per heavy atom. The van der Waals surface area contributed by atoms with Gasteiger partial charge < -0.3 is 16.0 Å². The Hall–Kier alpha value is -1.35. The van der Waals surface area contributed by atoms with Gasteiger partial charge >= 0.3 is 0 Å². The van der Waals surface area contributed by atoms with E-state index in [-0.39, 0.29) is 29.8 Å². The number of carbonyl (C=O) groups is 1. The number of carbonyl (C=O) groups excluding carboxylic acids is 1. The number of rotatable bonds is 8. The van der Waals surface area contributed by atoms with Gasteiger partial charge in [0.05, 0.1) is 5.75 Å². The fourth-order valence-electron chi connectivity index (χ4n) is 1.66. The minimum absolute atomic E-state index is 0.0671. The van der Waals surface area contributed by atoms with Crippen LogP contribution in [0.4, 0.5) is 10.9 Å². The summed E-state index contributed by atoms with van der Waals surface area (Å²) in [7, 11) is -3.09. The Kier molecular flexibility index (Phi) is 6.41. The van der Waals surface area contributed by atoms with E-state index in [2.05, 4.69) is 10.3 Å². The molecule has 120 valence electrons. The van der Waals surface area contributed by atoms with Gasteiger partial charge in [-0.3, -0.25) is 4.79 Å². The Morgan fingerprint density at radius 1 is 1.33 bits per heavy atom. The molecule has 0 unspecified atom stereocenters. The van der Waals surface area contributed by atoms with E-state index in [0.29, 0.717) is 10.0 Å². The predicted molar refractivity (Wildman–Crippen MR) is 86.7 cm³/mol. The van der Waals surface area contributed by atoms with Gasteiger partial charge in [0.1, 0.15) is 10.7 Å². The number of thiazole rings is 1. The Bertz CT molecular complexity index is 579. The first-order valence-corrected chi connectivity index (χ1v) is 9.48. The molecule has 1 rings (SSSR count). The van der Waals surface area contributed by atoms with Gasteiger partial charge in [0, 0.05) is 25.4 Å². The summed E-state index contributed by atoms with van der Waals surface area (Å²) >= 11 is 1.22. The zero-order valence-electron chi connectivity index (χ0n) is 12.5. The summed E-state index contributed by atoms with van der Waals surface area (Å²) in [6.45, 7) is 7.20. The first-order chi connectivity index (χ1) is 9.84.